The van der Waals surface area contributed by atoms with Gasteiger partial charge in [-0.2, -0.15) is 0 Å². The number of nitrogens with zero attached hydrogens (tertiary/aromatic N) is 1. The lowest BCUT2D eigenvalue weighted by atomic mass is 10.2. The lowest BCUT2D eigenvalue weighted by Gasteiger charge is -2.17. The van der Waals surface area contributed by atoms with Crippen molar-refractivity contribution < 1.29 is 4.74 Å². The van der Waals surface area contributed by atoms with Crippen molar-refractivity contribution in [3.8, 4) is 5.75 Å². The normalized spacial score (nSPS) is 19.3. The van der Waals surface area contributed by atoms with Gasteiger partial charge in [-0.1, -0.05) is 39.0 Å². The number of para-hydroxylation sites is 1. The number of hydrogen-bond donors (Lipinski definition) is 1. The van der Waals surface area contributed by atoms with Crippen LogP contribution < -0.4 is 10.1 Å². The highest BCUT2D eigenvalue weighted by Gasteiger charge is 2.18. The molecule has 1 atom stereocenters. The molecule has 1 fully saturated rings. The summed E-state index contributed by atoms with van der Waals surface area (Å²) in [6.45, 7) is 13.0. The molecule has 3 nitrogen and oxygen atoms in total. The number of likely N-dealkylation sites (tertiary alicyclic amines) is 1. The standard InChI is InChI=1S/C18H30N2O/c1-15(2)12-19-13-17-6-4-5-7-18(17)21-11-10-20-9-8-16(3)14-20/h4-7,15-16,19H,8-14H2,1-3H3. The van der Waals surface area contributed by atoms with Crippen LogP contribution in [0.25, 0.3) is 0 Å². The first-order valence-electron chi connectivity index (χ1n) is 8.29. The molecule has 1 aliphatic rings. The van der Waals surface area contributed by atoms with Crippen LogP contribution in [-0.4, -0.2) is 37.7 Å². The minimum Gasteiger partial charge on any atom is -0.492 e. The molecular weight excluding hydrogens is 260 g/mol. The summed E-state index contributed by atoms with van der Waals surface area (Å²) in [7, 11) is 0. The maximum atomic E-state index is 6.01. The first-order chi connectivity index (χ1) is 10.1. The summed E-state index contributed by atoms with van der Waals surface area (Å²) in [6.07, 6.45) is 1.33. The molecule has 1 heterocycles. The van der Waals surface area contributed by atoms with Crippen LogP contribution in [0, 0.1) is 11.8 Å². The number of nitrogens with one attached hydrogen (secondary N) is 1. The Kier molecular flexibility index (Phi) is 6.52. The van der Waals surface area contributed by atoms with Gasteiger partial charge in [0.05, 0.1) is 0 Å². The summed E-state index contributed by atoms with van der Waals surface area (Å²) in [6, 6.07) is 8.38. The fraction of sp³-hybridized carbons (Fsp3) is 0.667. The molecule has 0 spiro atoms. The summed E-state index contributed by atoms with van der Waals surface area (Å²) in [5, 5.41) is 3.49. The highest BCUT2D eigenvalue weighted by molar-refractivity contribution is 5.33. The van der Waals surface area contributed by atoms with E-state index in [0.29, 0.717) is 5.92 Å². The summed E-state index contributed by atoms with van der Waals surface area (Å²) in [5.41, 5.74) is 1.26. The topological polar surface area (TPSA) is 24.5 Å². The number of rotatable bonds is 8. The molecule has 2 rings (SSSR count). The van der Waals surface area contributed by atoms with E-state index in [-0.39, 0.29) is 0 Å². The minimum absolute atomic E-state index is 0.676. The van der Waals surface area contributed by atoms with Gasteiger partial charge in [-0.25, -0.2) is 0 Å². The van der Waals surface area contributed by atoms with Crippen molar-refractivity contribution in [2.24, 2.45) is 11.8 Å². The number of hydrogen-bond acceptors (Lipinski definition) is 3. The van der Waals surface area contributed by atoms with E-state index >= 15 is 0 Å². The second-order valence-corrected chi connectivity index (χ2v) is 6.68. The Hall–Kier alpha value is -1.06. The Balaban J connectivity index is 1.76. The zero-order chi connectivity index (χ0) is 15.1. The molecule has 1 saturated heterocycles. The zero-order valence-corrected chi connectivity index (χ0v) is 13.8. The molecule has 3 heteroatoms. The van der Waals surface area contributed by atoms with Crippen LogP contribution in [0.1, 0.15) is 32.8 Å². The van der Waals surface area contributed by atoms with Gasteiger partial charge in [0.15, 0.2) is 0 Å². The molecule has 0 amide bonds. The second kappa shape index (κ2) is 8.40. The van der Waals surface area contributed by atoms with E-state index in [1.807, 2.05) is 0 Å². The summed E-state index contributed by atoms with van der Waals surface area (Å²) in [4.78, 5) is 2.50. The smallest absolute Gasteiger partial charge is 0.123 e. The second-order valence-electron chi connectivity index (χ2n) is 6.68. The van der Waals surface area contributed by atoms with Crippen LogP contribution in [0.3, 0.4) is 0 Å². The molecular formula is C18H30N2O. The van der Waals surface area contributed by atoms with E-state index in [1.165, 1.54) is 25.1 Å². The lowest BCUT2D eigenvalue weighted by molar-refractivity contribution is 0.232. The summed E-state index contributed by atoms with van der Waals surface area (Å²) >= 11 is 0. The van der Waals surface area contributed by atoms with Gasteiger partial charge >= 0.3 is 0 Å². The van der Waals surface area contributed by atoms with Crippen molar-refractivity contribution in [2.75, 3.05) is 32.8 Å². The fourth-order valence-electron chi connectivity index (χ4n) is 2.80. The van der Waals surface area contributed by atoms with Gasteiger partial charge in [0.2, 0.25) is 0 Å². The largest absolute Gasteiger partial charge is 0.492 e. The molecule has 1 aromatic rings. The van der Waals surface area contributed by atoms with Gasteiger partial charge in [-0.15, -0.1) is 0 Å². The predicted molar refractivity (Wildman–Crippen MR) is 88.7 cm³/mol. The van der Waals surface area contributed by atoms with Crippen molar-refractivity contribution in [1.82, 2.24) is 10.2 Å². The number of benzene rings is 1. The Morgan fingerprint density at radius 1 is 1.33 bits per heavy atom. The highest BCUT2D eigenvalue weighted by Crippen LogP contribution is 2.19. The van der Waals surface area contributed by atoms with Crippen molar-refractivity contribution in [2.45, 2.75) is 33.7 Å². The quantitative estimate of drug-likeness (QED) is 0.796. The van der Waals surface area contributed by atoms with E-state index in [2.05, 4.69) is 55.3 Å². The Bertz CT molecular complexity index is 419. The first-order valence-corrected chi connectivity index (χ1v) is 8.29. The molecule has 1 aliphatic heterocycles. The van der Waals surface area contributed by atoms with Crippen LogP contribution in [0.15, 0.2) is 24.3 Å². The molecule has 118 valence electrons. The van der Waals surface area contributed by atoms with Crippen molar-refractivity contribution in [1.29, 1.82) is 0 Å². The van der Waals surface area contributed by atoms with Crippen LogP contribution in [0.4, 0.5) is 0 Å². The lowest BCUT2D eigenvalue weighted by Crippen LogP contribution is -2.26. The van der Waals surface area contributed by atoms with E-state index in [9.17, 15) is 0 Å². The van der Waals surface area contributed by atoms with Crippen LogP contribution in [0.5, 0.6) is 5.75 Å². The zero-order valence-electron chi connectivity index (χ0n) is 13.8. The van der Waals surface area contributed by atoms with Crippen molar-refractivity contribution in [3.05, 3.63) is 29.8 Å². The molecule has 0 radical (unpaired) electrons. The van der Waals surface area contributed by atoms with E-state index in [1.54, 1.807) is 0 Å². The monoisotopic (exact) mass is 290 g/mol. The minimum atomic E-state index is 0.676. The highest BCUT2D eigenvalue weighted by atomic mass is 16.5. The maximum Gasteiger partial charge on any atom is 0.123 e. The van der Waals surface area contributed by atoms with Gasteiger partial charge < -0.3 is 10.1 Å². The van der Waals surface area contributed by atoms with Gasteiger partial charge in [0, 0.05) is 25.2 Å². The van der Waals surface area contributed by atoms with E-state index in [4.69, 9.17) is 4.74 Å². The Morgan fingerprint density at radius 2 is 2.14 bits per heavy atom. The average molecular weight is 290 g/mol. The molecule has 0 saturated carbocycles. The Labute approximate surface area is 129 Å². The van der Waals surface area contributed by atoms with Crippen LogP contribution in [-0.2, 0) is 6.54 Å². The van der Waals surface area contributed by atoms with Gasteiger partial charge in [0.25, 0.3) is 0 Å². The van der Waals surface area contributed by atoms with Crippen LogP contribution in [0.2, 0.25) is 0 Å². The van der Waals surface area contributed by atoms with E-state index < -0.39 is 0 Å². The molecule has 1 N–H and O–H groups in total. The molecule has 1 aromatic carbocycles. The third kappa shape index (κ3) is 5.68. The van der Waals surface area contributed by atoms with E-state index in [0.717, 1.165) is 37.9 Å². The molecule has 21 heavy (non-hydrogen) atoms. The Morgan fingerprint density at radius 3 is 2.86 bits per heavy atom. The molecule has 0 aromatic heterocycles. The van der Waals surface area contributed by atoms with Gasteiger partial charge in [0.1, 0.15) is 12.4 Å². The average Bonchev–Trinajstić information content (AvgIpc) is 2.86. The summed E-state index contributed by atoms with van der Waals surface area (Å²) in [5.74, 6) is 2.55. The van der Waals surface area contributed by atoms with Crippen molar-refractivity contribution in [3.63, 3.8) is 0 Å². The molecule has 1 unspecified atom stereocenters. The van der Waals surface area contributed by atoms with Gasteiger partial charge in [-0.05, 0) is 37.4 Å². The van der Waals surface area contributed by atoms with Crippen LogP contribution >= 0.6 is 0 Å². The third-order valence-corrected chi connectivity index (χ3v) is 4.01. The first kappa shape index (κ1) is 16.3. The van der Waals surface area contributed by atoms with Crippen molar-refractivity contribution >= 4 is 0 Å². The molecule has 0 bridgehead atoms. The third-order valence-electron chi connectivity index (χ3n) is 4.01. The fourth-order valence-corrected chi connectivity index (χ4v) is 2.80. The summed E-state index contributed by atoms with van der Waals surface area (Å²) < 4.78 is 6.01. The maximum absolute atomic E-state index is 6.01. The SMILES string of the molecule is CC(C)CNCc1ccccc1OCCN1CCC(C)C1. The van der Waals surface area contributed by atoms with Gasteiger partial charge in [-0.3, -0.25) is 4.90 Å². The predicted octanol–water partition coefficient (Wildman–Crippen LogP) is 3.15. The number of ether oxygens (including phenoxy) is 1. The molecule has 0 aliphatic carbocycles.